The lowest BCUT2D eigenvalue weighted by Crippen LogP contribution is -2.36. The molecular weight excluding hydrogens is 518 g/mol. The van der Waals surface area contributed by atoms with Crippen LogP contribution in [-0.2, 0) is 42.0 Å². The topological polar surface area (TPSA) is 117 Å². The van der Waals surface area contributed by atoms with Gasteiger partial charge in [-0.1, -0.05) is 24.3 Å². The van der Waals surface area contributed by atoms with Crippen LogP contribution in [0.4, 0.5) is 0 Å². The van der Waals surface area contributed by atoms with Crippen molar-refractivity contribution >= 4 is 43.5 Å². The van der Waals surface area contributed by atoms with E-state index >= 15 is 0 Å². The Bertz CT molecular complexity index is 1400. The Balaban J connectivity index is 1.95. The predicted octanol–water partition coefficient (Wildman–Crippen LogP) is 2.46. The summed E-state index contributed by atoms with van der Waals surface area (Å²) in [7, 11) is 0.484. The minimum Gasteiger partial charge on any atom is -0.468 e. The van der Waals surface area contributed by atoms with Crippen LogP contribution < -0.4 is 4.80 Å². The third-order valence-electron chi connectivity index (χ3n) is 5.70. The minimum atomic E-state index is -3.82. The maximum atomic E-state index is 13.1. The fraction of sp³-hybridized carbons (Fsp3) is 0.400. The van der Waals surface area contributed by atoms with Crippen molar-refractivity contribution in [2.75, 3.05) is 47.6 Å². The van der Waals surface area contributed by atoms with Gasteiger partial charge in [-0.25, -0.2) is 8.42 Å². The van der Waals surface area contributed by atoms with Crippen LogP contribution in [0.25, 0.3) is 10.2 Å². The summed E-state index contributed by atoms with van der Waals surface area (Å²) in [5, 5.41) is 0. The van der Waals surface area contributed by atoms with E-state index < -0.39 is 21.9 Å². The van der Waals surface area contributed by atoms with Crippen LogP contribution in [0, 0.1) is 0 Å². The molecule has 0 saturated heterocycles. The van der Waals surface area contributed by atoms with E-state index in [1.54, 1.807) is 4.57 Å². The molecule has 0 fully saturated rings. The number of aromatic nitrogens is 1. The van der Waals surface area contributed by atoms with Crippen LogP contribution >= 0.6 is 11.3 Å². The lowest BCUT2D eigenvalue weighted by molar-refractivity contribution is -0.141. The molecule has 1 aromatic heterocycles. The first-order chi connectivity index (χ1) is 17.7. The fourth-order valence-electron chi connectivity index (χ4n) is 3.58. The number of esters is 1. The number of methoxy groups -OCH3 is 3. The second kappa shape index (κ2) is 13.1. The third-order valence-corrected chi connectivity index (χ3v) is 8.65. The van der Waals surface area contributed by atoms with E-state index in [4.69, 9.17) is 14.2 Å². The number of sulfonamides is 1. The summed E-state index contributed by atoms with van der Waals surface area (Å²) in [6.07, 6.45) is 0.847. The third kappa shape index (κ3) is 6.90. The van der Waals surface area contributed by atoms with E-state index in [-0.39, 0.29) is 43.3 Å². The molecule has 1 heterocycles. The minimum absolute atomic E-state index is 0.0472. The number of benzene rings is 2. The van der Waals surface area contributed by atoms with Crippen molar-refractivity contribution in [3.05, 3.63) is 58.4 Å². The molecule has 0 radical (unpaired) electrons. The van der Waals surface area contributed by atoms with E-state index in [0.29, 0.717) is 4.80 Å². The molecule has 0 aliphatic heterocycles. The van der Waals surface area contributed by atoms with Crippen LogP contribution in [-0.4, -0.2) is 76.8 Å². The Morgan fingerprint density at radius 1 is 1.00 bits per heavy atom. The maximum absolute atomic E-state index is 13.1. The van der Waals surface area contributed by atoms with Gasteiger partial charge in [-0.05, 0) is 48.4 Å². The number of carbonyl (C=O) groups is 2. The number of fused-ring (bicyclic) bond motifs is 1. The molecule has 3 aromatic rings. The summed E-state index contributed by atoms with van der Waals surface area (Å²) in [4.78, 5) is 29.7. The van der Waals surface area contributed by atoms with Gasteiger partial charge in [0.05, 0.1) is 35.4 Å². The van der Waals surface area contributed by atoms with Gasteiger partial charge in [0.2, 0.25) is 10.0 Å². The second-order valence-electron chi connectivity index (χ2n) is 8.03. The largest absolute Gasteiger partial charge is 0.468 e. The highest BCUT2D eigenvalue weighted by Crippen LogP contribution is 2.21. The van der Waals surface area contributed by atoms with E-state index in [0.717, 1.165) is 22.2 Å². The van der Waals surface area contributed by atoms with Crippen LogP contribution in [0.15, 0.2) is 52.4 Å². The summed E-state index contributed by atoms with van der Waals surface area (Å²) in [5.74, 6) is -1.02. The Kier molecular flexibility index (Phi) is 10.1. The average Bonchev–Trinajstić information content (AvgIpc) is 3.23. The normalized spacial score (nSPS) is 12.4. The molecular formula is C25H31N3O7S2. The first-order valence-electron chi connectivity index (χ1n) is 11.6. The quantitative estimate of drug-likeness (QED) is 0.319. The predicted molar refractivity (Wildman–Crippen MR) is 140 cm³/mol. The molecule has 1 amide bonds. The highest BCUT2D eigenvalue weighted by molar-refractivity contribution is 7.89. The number of thiazole rings is 1. The van der Waals surface area contributed by atoms with E-state index in [2.05, 4.69) is 4.99 Å². The maximum Gasteiger partial charge on any atom is 0.325 e. The van der Waals surface area contributed by atoms with Crippen molar-refractivity contribution in [1.29, 1.82) is 0 Å². The zero-order chi connectivity index (χ0) is 27.0. The lowest BCUT2D eigenvalue weighted by Gasteiger charge is -2.21. The standard InChI is InChI=1S/C25H31N3O7S2/c1-5-18-6-11-21-22(16-18)36-25(28(21)17-23(29)35-4)26-24(30)19-7-9-20(10-8-19)37(31,32)27(12-14-33-2)13-15-34-3/h6-11,16H,5,12-15,17H2,1-4H3. The smallest absolute Gasteiger partial charge is 0.325 e. The van der Waals surface area contributed by atoms with Gasteiger partial charge in [-0.3, -0.25) is 9.59 Å². The zero-order valence-corrected chi connectivity index (χ0v) is 22.9. The van der Waals surface area contributed by atoms with E-state index in [1.165, 1.54) is 61.2 Å². The number of nitrogens with zero attached hydrogens (tertiary/aromatic N) is 3. The van der Waals surface area contributed by atoms with Crippen LogP contribution in [0.2, 0.25) is 0 Å². The SMILES string of the molecule is CCc1ccc2c(c1)sc(=NC(=O)c1ccc(S(=O)(=O)N(CCOC)CCOC)cc1)n2CC(=O)OC. The molecule has 3 rings (SSSR count). The molecule has 0 aliphatic rings. The van der Waals surface area contributed by atoms with Gasteiger partial charge in [-0.2, -0.15) is 9.30 Å². The van der Waals surface area contributed by atoms with Crippen molar-refractivity contribution in [2.45, 2.75) is 24.8 Å². The Morgan fingerprint density at radius 2 is 1.65 bits per heavy atom. The van der Waals surface area contributed by atoms with Crippen LogP contribution in [0.3, 0.4) is 0 Å². The van der Waals surface area contributed by atoms with Gasteiger partial charge in [0.1, 0.15) is 6.54 Å². The molecule has 0 aliphatic carbocycles. The number of ether oxygens (including phenoxy) is 3. The number of hydrogen-bond donors (Lipinski definition) is 0. The van der Waals surface area contributed by atoms with Crippen molar-refractivity contribution in [3.63, 3.8) is 0 Å². The Hall–Kier alpha value is -2.90. The summed E-state index contributed by atoms with van der Waals surface area (Å²) < 4.78 is 44.9. The second-order valence-corrected chi connectivity index (χ2v) is 11.0. The number of amides is 1. The molecule has 0 atom stereocenters. The van der Waals surface area contributed by atoms with Crippen LogP contribution in [0.1, 0.15) is 22.8 Å². The zero-order valence-electron chi connectivity index (χ0n) is 21.3. The number of rotatable bonds is 12. The number of hydrogen-bond acceptors (Lipinski definition) is 8. The number of aryl methyl sites for hydroxylation is 1. The Labute approximate surface area is 220 Å². The summed E-state index contributed by atoms with van der Waals surface area (Å²) in [6.45, 7) is 2.76. The molecule has 0 saturated carbocycles. The van der Waals surface area contributed by atoms with Gasteiger partial charge in [0, 0.05) is 32.9 Å². The highest BCUT2D eigenvalue weighted by atomic mass is 32.2. The van der Waals surface area contributed by atoms with Crippen molar-refractivity contribution in [3.8, 4) is 0 Å². The molecule has 10 nitrogen and oxygen atoms in total. The van der Waals surface area contributed by atoms with Crippen molar-refractivity contribution < 1.29 is 32.2 Å². The first kappa shape index (κ1) is 28.7. The molecule has 12 heteroatoms. The van der Waals surface area contributed by atoms with Crippen molar-refractivity contribution in [1.82, 2.24) is 8.87 Å². The monoisotopic (exact) mass is 549 g/mol. The molecule has 0 spiro atoms. The lowest BCUT2D eigenvalue weighted by atomic mass is 10.2. The molecule has 37 heavy (non-hydrogen) atoms. The molecule has 0 unspecified atom stereocenters. The van der Waals surface area contributed by atoms with Crippen LogP contribution in [0.5, 0.6) is 0 Å². The summed E-state index contributed by atoms with van der Waals surface area (Å²) in [5.41, 5.74) is 2.11. The molecule has 200 valence electrons. The van der Waals surface area contributed by atoms with Gasteiger partial charge >= 0.3 is 5.97 Å². The fourth-order valence-corrected chi connectivity index (χ4v) is 6.08. The molecule has 2 aromatic carbocycles. The average molecular weight is 550 g/mol. The summed E-state index contributed by atoms with van der Waals surface area (Å²) in [6, 6.07) is 11.5. The molecule has 0 N–H and O–H groups in total. The van der Waals surface area contributed by atoms with E-state index in [1.807, 2.05) is 25.1 Å². The van der Waals surface area contributed by atoms with Gasteiger partial charge in [-0.15, -0.1) is 0 Å². The molecule has 0 bridgehead atoms. The van der Waals surface area contributed by atoms with Crippen molar-refractivity contribution in [2.24, 2.45) is 4.99 Å². The van der Waals surface area contributed by atoms with Gasteiger partial charge < -0.3 is 18.8 Å². The summed E-state index contributed by atoms with van der Waals surface area (Å²) >= 11 is 1.30. The number of carbonyl (C=O) groups excluding carboxylic acids is 2. The highest BCUT2D eigenvalue weighted by Gasteiger charge is 2.24. The van der Waals surface area contributed by atoms with Gasteiger partial charge in [0.25, 0.3) is 5.91 Å². The Morgan fingerprint density at radius 3 is 2.22 bits per heavy atom. The van der Waals surface area contributed by atoms with Gasteiger partial charge in [0.15, 0.2) is 4.80 Å². The first-order valence-corrected chi connectivity index (χ1v) is 13.9. The van der Waals surface area contributed by atoms with E-state index in [9.17, 15) is 18.0 Å².